The van der Waals surface area contributed by atoms with Crippen molar-refractivity contribution in [1.29, 1.82) is 0 Å². The van der Waals surface area contributed by atoms with Crippen LogP contribution in [0.3, 0.4) is 0 Å². The molecule has 0 radical (unpaired) electrons. The third-order valence-electron chi connectivity index (χ3n) is 3.79. The maximum absolute atomic E-state index is 12.4. The Labute approximate surface area is 132 Å². The summed E-state index contributed by atoms with van der Waals surface area (Å²) in [6.07, 6.45) is 4.61. The van der Waals surface area contributed by atoms with Crippen molar-refractivity contribution < 1.29 is 14.7 Å². The molecule has 0 heterocycles. The highest BCUT2D eigenvalue weighted by molar-refractivity contribution is 9.10. The number of halogens is 1. The van der Waals surface area contributed by atoms with Gasteiger partial charge in [0, 0.05) is 4.47 Å². The van der Waals surface area contributed by atoms with Gasteiger partial charge in [0.25, 0.3) is 0 Å². The first kappa shape index (κ1) is 15.8. The minimum absolute atomic E-state index is 0.157. The second-order valence-corrected chi connectivity index (χ2v) is 6.19. The van der Waals surface area contributed by atoms with Crippen LogP contribution in [0.4, 0.5) is 0 Å². The van der Waals surface area contributed by atoms with Crippen molar-refractivity contribution in [2.75, 3.05) is 0 Å². The molecule has 112 valence electrons. The van der Waals surface area contributed by atoms with Gasteiger partial charge in [0.2, 0.25) is 5.91 Å². The fourth-order valence-corrected chi connectivity index (χ4v) is 2.97. The van der Waals surface area contributed by atoms with Crippen LogP contribution >= 0.6 is 15.9 Å². The first-order valence-corrected chi connectivity index (χ1v) is 7.72. The van der Waals surface area contributed by atoms with Gasteiger partial charge >= 0.3 is 5.97 Å². The molecule has 1 aliphatic carbocycles. The number of hydrogen-bond donors (Lipinski definition) is 2. The second-order valence-electron chi connectivity index (χ2n) is 5.28. The zero-order valence-corrected chi connectivity index (χ0v) is 13.3. The molecule has 1 aliphatic rings. The molecule has 1 aromatic rings. The molecule has 2 rings (SSSR count). The minimum atomic E-state index is -0.908. The van der Waals surface area contributed by atoms with Gasteiger partial charge in [0.15, 0.2) is 0 Å². The molecule has 0 aliphatic heterocycles. The molecule has 0 bridgehead atoms. The Hall–Kier alpha value is -1.62. The summed E-state index contributed by atoms with van der Waals surface area (Å²) in [6, 6.07) is 7.55. The van der Waals surface area contributed by atoms with Gasteiger partial charge in [-0.1, -0.05) is 40.2 Å². The van der Waals surface area contributed by atoms with Gasteiger partial charge in [-0.15, -0.1) is 0 Å². The van der Waals surface area contributed by atoms with E-state index in [1.165, 1.54) is 0 Å². The van der Waals surface area contributed by atoms with Crippen molar-refractivity contribution in [3.63, 3.8) is 0 Å². The van der Waals surface area contributed by atoms with E-state index in [1.807, 2.05) is 43.3 Å². The highest BCUT2D eigenvalue weighted by atomic mass is 79.9. The van der Waals surface area contributed by atoms with Crippen molar-refractivity contribution in [2.45, 2.75) is 25.8 Å². The number of carbonyl (C=O) groups is 2. The first-order valence-electron chi connectivity index (χ1n) is 6.92. The van der Waals surface area contributed by atoms with E-state index in [0.717, 1.165) is 10.0 Å². The molecule has 2 N–H and O–H groups in total. The van der Waals surface area contributed by atoms with Crippen LogP contribution in [0.5, 0.6) is 0 Å². The Morgan fingerprint density at radius 2 is 1.95 bits per heavy atom. The van der Waals surface area contributed by atoms with Crippen molar-refractivity contribution in [3.8, 4) is 0 Å². The Balaban J connectivity index is 2.06. The van der Waals surface area contributed by atoms with Crippen LogP contribution in [-0.4, -0.2) is 17.0 Å². The van der Waals surface area contributed by atoms with E-state index in [-0.39, 0.29) is 11.9 Å². The molecule has 0 saturated heterocycles. The minimum Gasteiger partial charge on any atom is -0.481 e. The van der Waals surface area contributed by atoms with E-state index in [2.05, 4.69) is 21.2 Å². The molecule has 1 amide bonds. The number of rotatable bonds is 4. The summed E-state index contributed by atoms with van der Waals surface area (Å²) >= 11 is 3.40. The Bertz CT molecular complexity index is 570. The second kappa shape index (κ2) is 6.89. The molecular formula is C16H18BrNO3. The summed E-state index contributed by atoms with van der Waals surface area (Å²) in [6.45, 7) is 1.90. The van der Waals surface area contributed by atoms with Gasteiger partial charge in [-0.3, -0.25) is 9.59 Å². The summed E-state index contributed by atoms with van der Waals surface area (Å²) in [5.74, 6) is -2.24. The molecular weight excluding hydrogens is 334 g/mol. The molecule has 0 fully saturated rings. The summed E-state index contributed by atoms with van der Waals surface area (Å²) in [5.41, 5.74) is 0.982. The maximum Gasteiger partial charge on any atom is 0.307 e. The van der Waals surface area contributed by atoms with Crippen LogP contribution in [0, 0.1) is 11.8 Å². The maximum atomic E-state index is 12.4. The van der Waals surface area contributed by atoms with Crippen LogP contribution in [0.25, 0.3) is 0 Å². The normalized spacial score (nSPS) is 22.6. The summed E-state index contributed by atoms with van der Waals surface area (Å²) in [5, 5.41) is 12.1. The van der Waals surface area contributed by atoms with E-state index in [1.54, 1.807) is 0 Å². The van der Waals surface area contributed by atoms with Crippen molar-refractivity contribution in [2.24, 2.45) is 11.8 Å². The van der Waals surface area contributed by atoms with Crippen LogP contribution in [0.15, 0.2) is 40.9 Å². The monoisotopic (exact) mass is 351 g/mol. The van der Waals surface area contributed by atoms with Crippen LogP contribution in [0.2, 0.25) is 0 Å². The lowest BCUT2D eigenvalue weighted by molar-refractivity contribution is -0.147. The number of amides is 1. The molecule has 5 heteroatoms. The SMILES string of the molecule is CC(NC(=O)[C@@H]1CC=CC[C@@H]1C(=O)O)c1cccc(Br)c1. The van der Waals surface area contributed by atoms with Gasteiger partial charge < -0.3 is 10.4 Å². The van der Waals surface area contributed by atoms with Gasteiger partial charge in [0.05, 0.1) is 17.9 Å². The summed E-state index contributed by atoms with van der Waals surface area (Å²) < 4.78 is 0.949. The number of nitrogens with one attached hydrogen (secondary N) is 1. The van der Waals surface area contributed by atoms with Gasteiger partial charge in [-0.05, 0) is 37.5 Å². The molecule has 0 saturated carbocycles. The third kappa shape index (κ3) is 3.94. The lowest BCUT2D eigenvalue weighted by atomic mass is 9.82. The van der Waals surface area contributed by atoms with Gasteiger partial charge in [-0.25, -0.2) is 0 Å². The van der Waals surface area contributed by atoms with E-state index >= 15 is 0 Å². The number of carboxylic acids is 1. The van der Waals surface area contributed by atoms with Crippen LogP contribution in [0.1, 0.15) is 31.4 Å². The molecule has 21 heavy (non-hydrogen) atoms. The predicted octanol–water partition coefficient (Wildman–Crippen LogP) is 3.29. The summed E-state index contributed by atoms with van der Waals surface area (Å²) in [7, 11) is 0. The zero-order valence-electron chi connectivity index (χ0n) is 11.8. The lowest BCUT2D eigenvalue weighted by Gasteiger charge is -2.26. The van der Waals surface area contributed by atoms with E-state index < -0.39 is 17.8 Å². The van der Waals surface area contributed by atoms with Crippen molar-refractivity contribution >= 4 is 27.8 Å². The van der Waals surface area contributed by atoms with Gasteiger partial charge in [-0.2, -0.15) is 0 Å². The number of hydrogen-bond acceptors (Lipinski definition) is 2. The van der Waals surface area contributed by atoms with E-state index in [9.17, 15) is 14.7 Å². The molecule has 1 aromatic carbocycles. The van der Waals surface area contributed by atoms with Gasteiger partial charge in [0.1, 0.15) is 0 Å². The van der Waals surface area contributed by atoms with Crippen molar-refractivity contribution in [1.82, 2.24) is 5.32 Å². The number of benzene rings is 1. The predicted molar refractivity (Wildman–Crippen MR) is 83.7 cm³/mol. The molecule has 0 aromatic heterocycles. The number of carboxylic acid groups (broad SMARTS) is 1. The highest BCUT2D eigenvalue weighted by Gasteiger charge is 2.34. The average molecular weight is 352 g/mol. The van der Waals surface area contributed by atoms with E-state index in [4.69, 9.17) is 0 Å². The molecule has 4 nitrogen and oxygen atoms in total. The standard InChI is InChI=1S/C16H18BrNO3/c1-10(11-5-4-6-12(17)9-11)18-15(19)13-7-2-3-8-14(13)16(20)21/h2-6,9-10,13-14H,7-8H2,1H3,(H,18,19)(H,20,21)/t10?,13-,14+/m1/s1. The largest absolute Gasteiger partial charge is 0.481 e. The van der Waals surface area contributed by atoms with E-state index in [0.29, 0.717) is 12.8 Å². The Kier molecular flexibility index (Phi) is 5.17. The zero-order chi connectivity index (χ0) is 15.4. The number of allylic oxidation sites excluding steroid dienone is 2. The third-order valence-corrected chi connectivity index (χ3v) is 4.29. The molecule has 1 unspecified atom stereocenters. The van der Waals surface area contributed by atoms with Crippen LogP contribution < -0.4 is 5.32 Å². The van der Waals surface area contributed by atoms with Crippen LogP contribution in [-0.2, 0) is 9.59 Å². The average Bonchev–Trinajstić information content (AvgIpc) is 2.47. The Morgan fingerprint density at radius 3 is 2.57 bits per heavy atom. The fourth-order valence-electron chi connectivity index (χ4n) is 2.56. The lowest BCUT2D eigenvalue weighted by Crippen LogP contribution is -2.39. The quantitative estimate of drug-likeness (QED) is 0.818. The Morgan fingerprint density at radius 1 is 1.29 bits per heavy atom. The number of aliphatic carboxylic acids is 1. The fraction of sp³-hybridized carbons (Fsp3) is 0.375. The smallest absolute Gasteiger partial charge is 0.307 e. The summed E-state index contributed by atoms with van der Waals surface area (Å²) in [4.78, 5) is 23.6. The van der Waals surface area contributed by atoms with Crippen molar-refractivity contribution in [3.05, 3.63) is 46.5 Å². The number of carbonyl (C=O) groups excluding carboxylic acids is 1. The highest BCUT2D eigenvalue weighted by Crippen LogP contribution is 2.27. The molecule has 3 atom stereocenters. The molecule has 0 spiro atoms. The topological polar surface area (TPSA) is 66.4 Å². The first-order chi connectivity index (χ1) is 9.99.